The molecule has 0 nitrogen and oxygen atoms in total. The van der Waals surface area contributed by atoms with Crippen LogP contribution in [0.5, 0.6) is 0 Å². The van der Waals surface area contributed by atoms with Gasteiger partial charge in [-0.05, 0) is 35.3 Å². The van der Waals surface area contributed by atoms with Crippen molar-refractivity contribution in [2.45, 2.75) is 65.7 Å². The van der Waals surface area contributed by atoms with Crippen molar-refractivity contribution in [1.82, 2.24) is 0 Å². The molecule has 0 bridgehead atoms. The molecule has 0 atom stereocenters. The first kappa shape index (κ1) is 30.1. The van der Waals surface area contributed by atoms with E-state index >= 15 is 0 Å². The van der Waals surface area contributed by atoms with Crippen molar-refractivity contribution in [1.29, 1.82) is 0 Å². The van der Waals surface area contributed by atoms with E-state index in [-0.39, 0.29) is 61.8 Å². The van der Waals surface area contributed by atoms with Crippen molar-refractivity contribution >= 4 is 0 Å². The minimum Gasteiger partial charge on any atom is -1.00 e. The first-order chi connectivity index (χ1) is 13.1. The predicted molar refractivity (Wildman–Crippen MR) is 122 cm³/mol. The van der Waals surface area contributed by atoms with E-state index in [9.17, 15) is 0 Å². The van der Waals surface area contributed by atoms with Gasteiger partial charge in [0, 0.05) is 0 Å². The van der Waals surface area contributed by atoms with Crippen LogP contribution < -0.4 is 24.8 Å². The molecule has 0 saturated carbocycles. The molecule has 163 valence electrons. The molecule has 31 heavy (non-hydrogen) atoms. The number of halogens is 2. The van der Waals surface area contributed by atoms with Gasteiger partial charge in [-0.15, -0.1) is 11.1 Å². The Hall–Kier alpha value is -0.877. The molecule has 1 radical (unpaired) electrons. The minimum absolute atomic E-state index is 0. The van der Waals surface area contributed by atoms with Gasteiger partial charge in [0.25, 0.3) is 0 Å². The van der Waals surface area contributed by atoms with E-state index in [4.69, 9.17) is 0 Å². The van der Waals surface area contributed by atoms with Crippen LogP contribution in [0, 0.1) is 13.0 Å². The van der Waals surface area contributed by atoms with Crippen molar-refractivity contribution in [3.05, 3.63) is 94.5 Å². The maximum absolute atomic E-state index is 3.67. The molecule has 0 aliphatic heterocycles. The number of fused-ring (bicyclic) bond motifs is 3. The van der Waals surface area contributed by atoms with Gasteiger partial charge in [0.15, 0.2) is 0 Å². The van der Waals surface area contributed by atoms with Gasteiger partial charge in [0.2, 0.25) is 0 Å². The second-order valence-corrected chi connectivity index (χ2v) is 9.97. The van der Waals surface area contributed by atoms with Crippen LogP contribution in [0.15, 0.2) is 60.7 Å². The molecule has 0 amide bonds. The van der Waals surface area contributed by atoms with E-state index in [0.29, 0.717) is 0 Å². The summed E-state index contributed by atoms with van der Waals surface area (Å²) in [5.41, 5.74) is 10.0. The fourth-order valence-electron chi connectivity index (χ4n) is 3.56. The summed E-state index contributed by atoms with van der Waals surface area (Å²) in [4.78, 5) is 0. The Labute approximate surface area is 221 Å². The van der Waals surface area contributed by atoms with Crippen LogP contribution >= 0.6 is 0 Å². The third-order valence-corrected chi connectivity index (χ3v) is 5.40. The number of hydrogen-bond donors (Lipinski definition) is 0. The molecule has 3 heteroatoms. The van der Waals surface area contributed by atoms with Crippen LogP contribution in [0.2, 0.25) is 0 Å². The first-order valence-corrected chi connectivity index (χ1v) is 10.3. The second kappa shape index (κ2) is 11.8. The molecule has 3 aromatic rings. The quantitative estimate of drug-likeness (QED) is 0.303. The Morgan fingerprint density at radius 3 is 1.77 bits per heavy atom. The van der Waals surface area contributed by atoms with Gasteiger partial charge in [0.05, 0.1) is 0 Å². The fraction of sp³-hybridized carbons (Fsp3) is 0.357. The number of hydrogen-bond acceptors (Lipinski definition) is 0. The van der Waals surface area contributed by atoms with Gasteiger partial charge in [-0.2, -0.15) is 23.8 Å². The van der Waals surface area contributed by atoms with E-state index < -0.39 is 0 Å². The summed E-state index contributed by atoms with van der Waals surface area (Å²) in [6, 6.07) is 25.4. The third-order valence-electron chi connectivity index (χ3n) is 5.40. The van der Waals surface area contributed by atoms with E-state index in [0.717, 1.165) is 6.42 Å². The summed E-state index contributed by atoms with van der Waals surface area (Å²) in [5.74, 6) is 0. The normalized spacial score (nSPS) is 11.5. The molecule has 0 fully saturated rings. The third kappa shape index (κ3) is 7.59. The summed E-state index contributed by atoms with van der Waals surface area (Å²) in [6.45, 7) is 15.7. The van der Waals surface area contributed by atoms with Gasteiger partial charge in [-0.25, -0.2) is 0 Å². The van der Waals surface area contributed by atoms with Crippen molar-refractivity contribution in [2.24, 2.45) is 0 Å². The van der Waals surface area contributed by atoms with E-state index in [2.05, 4.69) is 97.0 Å². The Balaban J connectivity index is 0.000000777. The van der Waals surface area contributed by atoms with Crippen LogP contribution in [-0.2, 0) is 43.5 Å². The predicted octanol–water partition coefficient (Wildman–Crippen LogP) is 1.65. The topological polar surface area (TPSA) is 0 Å². The second-order valence-electron chi connectivity index (χ2n) is 9.97. The Morgan fingerprint density at radius 2 is 1.29 bits per heavy atom. The summed E-state index contributed by atoms with van der Waals surface area (Å²) in [7, 11) is 0. The van der Waals surface area contributed by atoms with Crippen LogP contribution in [0.3, 0.4) is 0 Å². The zero-order chi connectivity index (χ0) is 20.5. The smallest absolute Gasteiger partial charge is 1.00 e. The summed E-state index contributed by atoms with van der Waals surface area (Å²) < 4.78 is 0. The van der Waals surface area contributed by atoms with Gasteiger partial charge < -0.3 is 24.8 Å². The minimum atomic E-state index is 0. The van der Waals surface area contributed by atoms with Gasteiger partial charge >= 0.3 is 26.2 Å². The molecule has 0 spiro atoms. The van der Waals surface area contributed by atoms with Crippen LogP contribution in [0.25, 0.3) is 11.1 Å². The molecular weight excluding hydrogens is 498 g/mol. The molecule has 4 rings (SSSR count). The van der Waals surface area contributed by atoms with E-state index in [1.807, 2.05) is 18.2 Å². The zero-order valence-corrected chi connectivity index (χ0v) is 23.7. The van der Waals surface area contributed by atoms with Crippen LogP contribution in [0.1, 0.15) is 69.4 Å². The summed E-state index contributed by atoms with van der Waals surface area (Å²) >= 11 is 0. The molecule has 0 N–H and O–H groups in total. The Bertz CT molecular complexity index is 903. The molecule has 1 aliphatic rings. The van der Waals surface area contributed by atoms with E-state index in [1.54, 1.807) is 0 Å². The molecule has 1 aliphatic carbocycles. The molecular formula is C28H33Cl2Zr. The largest absolute Gasteiger partial charge is 3.00 e. The van der Waals surface area contributed by atoms with Gasteiger partial charge in [-0.3, -0.25) is 0 Å². The van der Waals surface area contributed by atoms with Crippen LogP contribution in [0.4, 0.5) is 0 Å². The Morgan fingerprint density at radius 1 is 0.710 bits per heavy atom. The maximum atomic E-state index is 3.67. The zero-order valence-electron chi connectivity index (χ0n) is 19.7. The van der Waals surface area contributed by atoms with Gasteiger partial charge in [-0.1, -0.05) is 101 Å². The number of aryl methyl sites for hydroxylation is 1. The fourth-order valence-corrected chi connectivity index (χ4v) is 3.56. The molecule has 0 saturated heterocycles. The number of benzene rings is 3. The average molecular weight is 532 g/mol. The van der Waals surface area contributed by atoms with Crippen molar-refractivity contribution in [2.75, 3.05) is 0 Å². The van der Waals surface area contributed by atoms with Crippen molar-refractivity contribution < 1.29 is 51.0 Å². The number of rotatable bonds is 0. The van der Waals surface area contributed by atoms with E-state index in [1.165, 1.54) is 38.9 Å². The molecule has 0 unspecified atom stereocenters. The molecule has 3 aromatic carbocycles. The maximum Gasteiger partial charge on any atom is 3.00 e. The molecule has 0 heterocycles. The molecule has 0 aromatic heterocycles. The SMILES string of the molecule is CC(C)(C)c1[c-]c2c(cc1)-c1ccc(C(C)(C)C)cc1C2.Cc1ccccc1.[Cl-].[Cl-].[Zr+3]. The standard InChI is InChI=1S/C21H25.C7H8.2ClH.Zr/c1-20(2,3)16-7-9-18-14(12-16)11-15-13-17(21(4,5)6)8-10-19(15)18;1-7-5-3-2-4-6-7;;;/h7-10,12H,11H2,1-6H3;2-6H,1H3;2*1H;/q-1;;;;+3/p-2. The van der Waals surface area contributed by atoms with Crippen molar-refractivity contribution in [3.63, 3.8) is 0 Å². The summed E-state index contributed by atoms with van der Waals surface area (Å²) in [5, 5.41) is 0. The van der Waals surface area contributed by atoms with Crippen LogP contribution in [-0.4, -0.2) is 0 Å². The van der Waals surface area contributed by atoms with Crippen molar-refractivity contribution in [3.8, 4) is 11.1 Å². The summed E-state index contributed by atoms with van der Waals surface area (Å²) in [6.07, 6.45) is 1.03. The average Bonchev–Trinajstić information content (AvgIpc) is 2.98. The monoisotopic (exact) mass is 529 g/mol. The van der Waals surface area contributed by atoms with Gasteiger partial charge in [0.1, 0.15) is 0 Å². The Kier molecular flexibility index (Phi) is 11.5. The first-order valence-electron chi connectivity index (χ1n) is 10.3.